The van der Waals surface area contributed by atoms with E-state index in [2.05, 4.69) is 0 Å². The molecule has 1 aromatic rings. The number of carbonyl (C=O) groups is 1. The van der Waals surface area contributed by atoms with Gasteiger partial charge in [0.2, 0.25) is 0 Å². The molecule has 0 bridgehead atoms. The summed E-state index contributed by atoms with van der Waals surface area (Å²) in [5.74, 6) is 0.631. The number of amides is 1. The second-order valence-electron chi connectivity index (χ2n) is 3.70. The Bertz CT molecular complexity index is 387. The fraction of sp³-hybridized carbons (Fsp3) is 0.462. The number of anilines is 1. The number of benzene rings is 1. The first-order valence-corrected chi connectivity index (χ1v) is 5.95. The second-order valence-corrected chi connectivity index (χ2v) is 3.70. The molecular formula is C13H20N2O2. The lowest BCUT2D eigenvalue weighted by Gasteiger charge is -2.19. The number of nitrogens with zero attached hydrogens (tertiary/aromatic N) is 1. The van der Waals surface area contributed by atoms with E-state index < -0.39 is 0 Å². The Hall–Kier alpha value is -1.71. The molecule has 1 aromatic carbocycles. The van der Waals surface area contributed by atoms with E-state index in [1.165, 1.54) is 0 Å². The molecule has 0 aliphatic rings. The summed E-state index contributed by atoms with van der Waals surface area (Å²) in [5.41, 5.74) is 6.89. The first-order chi connectivity index (χ1) is 8.12. The largest absolute Gasteiger partial charge is 0.494 e. The van der Waals surface area contributed by atoms with Crippen molar-refractivity contribution in [1.82, 2.24) is 4.90 Å². The van der Waals surface area contributed by atoms with Gasteiger partial charge in [-0.15, -0.1) is 0 Å². The number of carbonyl (C=O) groups excluding carboxylic acids is 1. The van der Waals surface area contributed by atoms with Crippen molar-refractivity contribution in [3.05, 3.63) is 23.8 Å². The third kappa shape index (κ3) is 3.37. The molecule has 0 saturated carbocycles. The maximum Gasteiger partial charge on any atom is 0.254 e. The molecule has 4 heteroatoms. The molecule has 0 atom stereocenters. The third-order valence-electron chi connectivity index (χ3n) is 2.54. The van der Waals surface area contributed by atoms with Gasteiger partial charge in [-0.3, -0.25) is 4.79 Å². The summed E-state index contributed by atoms with van der Waals surface area (Å²) >= 11 is 0. The molecule has 0 heterocycles. The predicted molar refractivity (Wildman–Crippen MR) is 69.3 cm³/mol. The fourth-order valence-electron chi connectivity index (χ4n) is 1.69. The summed E-state index contributed by atoms with van der Waals surface area (Å²) in [4.78, 5) is 13.9. The first-order valence-electron chi connectivity index (χ1n) is 5.95. The van der Waals surface area contributed by atoms with Gasteiger partial charge in [0.1, 0.15) is 5.75 Å². The predicted octanol–water partition coefficient (Wildman–Crippen LogP) is 2.15. The van der Waals surface area contributed by atoms with E-state index in [0.29, 0.717) is 36.7 Å². The van der Waals surface area contributed by atoms with Crippen LogP contribution in [0.25, 0.3) is 0 Å². The third-order valence-corrected chi connectivity index (χ3v) is 2.54. The minimum Gasteiger partial charge on any atom is -0.494 e. The molecule has 1 amide bonds. The Morgan fingerprint density at radius 2 is 1.88 bits per heavy atom. The summed E-state index contributed by atoms with van der Waals surface area (Å²) in [5, 5.41) is 0. The van der Waals surface area contributed by atoms with Crippen LogP contribution in [0.5, 0.6) is 5.75 Å². The van der Waals surface area contributed by atoms with Crippen LogP contribution in [0.3, 0.4) is 0 Å². The molecule has 2 N–H and O–H groups in total. The molecule has 0 aliphatic heterocycles. The Balaban J connectivity index is 3.00. The number of hydrogen-bond donors (Lipinski definition) is 1. The number of rotatable bonds is 5. The van der Waals surface area contributed by atoms with E-state index in [1.54, 1.807) is 23.1 Å². The van der Waals surface area contributed by atoms with Gasteiger partial charge in [0.05, 0.1) is 6.61 Å². The zero-order valence-electron chi connectivity index (χ0n) is 10.7. The number of hydrogen-bond acceptors (Lipinski definition) is 3. The van der Waals surface area contributed by atoms with E-state index in [9.17, 15) is 4.79 Å². The van der Waals surface area contributed by atoms with Crippen LogP contribution in [0.2, 0.25) is 0 Å². The average Bonchev–Trinajstić information content (AvgIpc) is 2.30. The van der Waals surface area contributed by atoms with Crippen LogP contribution >= 0.6 is 0 Å². The molecular weight excluding hydrogens is 216 g/mol. The number of ether oxygens (including phenoxy) is 1. The molecule has 17 heavy (non-hydrogen) atoms. The summed E-state index contributed by atoms with van der Waals surface area (Å²) < 4.78 is 5.37. The normalized spacial score (nSPS) is 10.1. The van der Waals surface area contributed by atoms with Crippen LogP contribution in [0, 0.1) is 0 Å². The molecule has 0 spiro atoms. The van der Waals surface area contributed by atoms with Gasteiger partial charge in [0.15, 0.2) is 0 Å². The van der Waals surface area contributed by atoms with Crippen molar-refractivity contribution in [2.24, 2.45) is 0 Å². The van der Waals surface area contributed by atoms with Crippen LogP contribution in [-0.2, 0) is 0 Å². The van der Waals surface area contributed by atoms with Gasteiger partial charge in [-0.25, -0.2) is 0 Å². The number of nitrogen functional groups attached to an aromatic ring is 1. The van der Waals surface area contributed by atoms with Gasteiger partial charge in [-0.05, 0) is 32.9 Å². The fourth-order valence-corrected chi connectivity index (χ4v) is 1.69. The molecule has 0 unspecified atom stereocenters. The van der Waals surface area contributed by atoms with E-state index in [-0.39, 0.29) is 5.91 Å². The van der Waals surface area contributed by atoms with Gasteiger partial charge >= 0.3 is 0 Å². The van der Waals surface area contributed by atoms with E-state index in [1.807, 2.05) is 20.8 Å². The molecule has 4 nitrogen and oxygen atoms in total. The smallest absolute Gasteiger partial charge is 0.254 e. The highest BCUT2D eigenvalue weighted by Crippen LogP contribution is 2.20. The Kier molecular flexibility index (Phi) is 4.82. The Morgan fingerprint density at radius 1 is 1.24 bits per heavy atom. The standard InChI is InChI=1S/C13H20N2O2/c1-4-15(5-2)13(16)10-7-11(14)9-12(8-10)17-6-3/h7-9H,4-6,14H2,1-3H3. The van der Waals surface area contributed by atoms with Crippen molar-refractivity contribution < 1.29 is 9.53 Å². The zero-order valence-corrected chi connectivity index (χ0v) is 10.7. The topological polar surface area (TPSA) is 55.6 Å². The van der Waals surface area contributed by atoms with E-state index in [0.717, 1.165) is 0 Å². The quantitative estimate of drug-likeness (QED) is 0.797. The summed E-state index contributed by atoms with van der Waals surface area (Å²) in [6.07, 6.45) is 0. The van der Waals surface area contributed by atoms with Crippen molar-refractivity contribution in [2.75, 3.05) is 25.4 Å². The maximum atomic E-state index is 12.1. The van der Waals surface area contributed by atoms with Crippen molar-refractivity contribution in [2.45, 2.75) is 20.8 Å². The van der Waals surface area contributed by atoms with Crippen LogP contribution in [0.15, 0.2) is 18.2 Å². The van der Waals surface area contributed by atoms with Crippen LogP contribution in [0.1, 0.15) is 31.1 Å². The van der Waals surface area contributed by atoms with Gasteiger partial charge in [0.25, 0.3) is 5.91 Å². The van der Waals surface area contributed by atoms with Crippen molar-refractivity contribution in [3.8, 4) is 5.75 Å². The molecule has 0 aromatic heterocycles. The lowest BCUT2D eigenvalue weighted by atomic mass is 10.1. The van der Waals surface area contributed by atoms with Crippen LogP contribution in [-0.4, -0.2) is 30.5 Å². The highest BCUT2D eigenvalue weighted by atomic mass is 16.5. The van der Waals surface area contributed by atoms with Crippen molar-refractivity contribution in [3.63, 3.8) is 0 Å². The molecule has 1 rings (SSSR count). The van der Waals surface area contributed by atoms with Gasteiger partial charge in [-0.2, -0.15) is 0 Å². The van der Waals surface area contributed by atoms with Gasteiger partial charge in [-0.1, -0.05) is 0 Å². The number of nitrogens with two attached hydrogens (primary N) is 1. The first kappa shape index (κ1) is 13.4. The second kappa shape index (κ2) is 6.13. The summed E-state index contributed by atoms with van der Waals surface area (Å²) in [7, 11) is 0. The van der Waals surface area contributed by atoms with Gasteiger partial charge in [0, 0.05) is 30.4 Å². The SMILES string of the molecule is CCOc1cc(N)cc(C(=O)N(CC)CC)c1. The zero-order chi connectivity index (χ0) is 12.8. The lowest BCUT2D eigenvalue weighted by Crippen LogP contribution is -2.30. The Labute approximate surface area is 102 Å². The lowest BCUT2D eigenvalue weighted by molar-refractivity contribution is 0.0772. The van der Waals surface area contributed by atoms with Crippen molar-refractivity contribution in [1.29, 1.82) is 0 Å². The van der Waals surface area contributed by atoms with Crippen LogP contribution < -0.4 is 10.5 Å². The molecule has 94 valence electrons. The minimum atomic E-state index is -0.0109. The summed E-state index contributed by atoms with van der Waals surface area (Å²) in [6, 6.07) is 5.15. The molecule has 0 radical (unpaired) electrons. The Morgan fingerprint density at radius 3 is 2.41 bits per heavy atom. The van der Waals surface area contributed by atoms with Gasteiger partial charge < -0.3 is 15.4 Å². The maximum absolute atomic E-state index is 12.1. The highest BCUT2D eigenvalue weighted by molar-refractivity contribution is 5.95. The average molecular weight is 236 g/mol. The van der Waals surface area contributed by atoms with Crippen molar-refractivity contribution >= 4 is 11.6 Å². The monoisotopic (exact) mass is 236 g/mol. The molecule has 0 fully saturated rings. The minimum absolute atomic E-state index is 0.0109. The van der Waals surface area contributed by atoms with Crippen LogP contribution in [0.4, 0.5) is 5.69 Å². The van der Waals surface area contributed by atoms with E-state index >= 15 is 0 Å². The molecule has 0 saturated heterocycles. The highest BCUT2D eigenvalue weighted by Gasteiger charge is 2.13. The van der Waals surface area contributed by atoms with E-state index in [4.69, 9.17) is 10.5 Å². The summed E-state index contributed by atoms with van der Waals surface area (Å²) in [6.45, 7) is 7.74. The molecule has 0 aliphatic carbocycles.